The molecular formula is C23H23ClN4O4S. The van der Waals surface area contributed by atoms with Gasteiger partial charge in [-0.1, -0.05) is 41.6 Å². The minimum atomic E-state index is -0.708. The van der Waals surface area contributed by atoms with Gasteiger partial charge >= 0.3 is 5.69 Å². The number of aromatic hydroxyl groups is 1. The van der Waals surface area contributed by atoms with Gasteiger partial charge in [0.25, 0.3) is 5.56 Å². The van der Waals surface area contributed by atoms with Gasteiger partial charge in [-0.3, -0.25) is 18.7 Å². The molecule has 1 amide bonds. The molecule has 1 heterocycles. The number of aliphatic imine (C=N–C) groups is 1. The molecule has 0 bridgehead atoms. The molecule has 3 rings (SSSR count). The average Bonchev–Trinajstić information content (AvgIpc) is 2.78. The Bertz CT molecular complexity index is 1380. The predicted octanol–water partition coefficient (Wildman–Crippen LogP) is 3.51. The molecule has 0 aliphatic rings. The number of benzene rings is 2. The number of aromatic nitrogens is 2. The van der Waals surface area contributed by atoms with Crippen molar-refractivity contribution in [1.82, 2.24) is 9.13 Å². The maximum atomic E-state index is 12.9. The zero-order valence-electron chi connectivity index (χ0n) is 18.5. The van der Waals surface area contributed by atoms with Crippen molar-refractivity contribution in [2.24, 2.45) is 19.1 Å². The summed E-state index contributed by atoms with van der Waals surface area (Å²) in [5.41, 5.74) is 1.27. The summed E-state index contributed by atoms with van der Waals surface area (Å²) in [6, 6.07) is 12.5. The van der Waals surface area contributed by atoms with Crippen molar-refractivity contribution in [2.75, 3.05) is 11.1 Å². The van der Waals surface area contributed by atoms with E-state index in [4.69, 9.17) is 11.6 Å². The average molecular weight is 487 g/mol. The number of carbonyl (C=O) groups is 1. The molecule has 0 radical (unpaired) electrons. The number of aryl methyl sites for hydroxylation is 1. The molecule has 0 atom stereocenters. The van der Waals surface area contributed by atoms with Crippen molar-refractivity contribution >= 4 is 45.7 Å². The van der Waals surface area contributed by atoms with Crippen LogP contribution in [0, 0.1) is 13.8 Å². The van der Waals surface area contributed by atoms with Crippen LogP contribution < -0.4 is 16.6 Å². The van der Waals surface area contributed by atoms with Crippen molar-refractivity contribution < 1.29 is 9.90 Å². The highest BCUT2D eigenvalue weighted by Crippen LogP contribution is 2.25. The van der Waals surface area contributed by atoms with E-state index in [9.17, 15) is 19.5 Å². The van der Waals surface area contributed by atoms with Crippen LogP contribution in [0.15, 0.2) is 57.0 Å². The van der Waals surface area contributed by atoms with Gasteiger partial charge in [-0.25, -0.2) is 9.79 Å². The van der Waals surface area contributed by atoms with E-state index in [1.807, 2.05) is 19.1 Å². The van der Waals surface area contributed by atoms with Gasteiger partial charge < -0.3 is 10.4 Å². The van der Waals surface area contributed by atoms with Crippen LogP contribution in [0.3, 0.4) is 0 Å². The summed E-state index contributed by atoms with van der Waals surface area (Å²) in [6.07, 6.45) is 0. The van der Waals surface area contributed by atoms with E-state index in [2.05, 4.69) is 10.3 Å². The number of carbonyl (C=O) groups excluding carboxylic acids is 1. The predicted molar refractivity (Wildman–Crippen MR) is 133 cm³/mol. The largest absolute Gasteiger partial charge is 0.494 e. The Kier molecular flexibility index (Phi) is 7.45. The molecule has 0 saturated carbocycles. The number of rotatable bonds is 5. The Morgan fingerprint density at radius 1 is 1.12 bits per heavy atom. The quantitative estimate of drug-likeness (QED) is 0.424. The second-order valence-corrected chi connectivity index (χ2v) is 8.78. The minimum absolute atomic E-state index is 0.0952. The third-order valence-corrected chi connectivity index (χ3v) is 6.35. The molecule has 0 saturated heterocycles. The van der Waals surface area contributed by atoms with Crippen molar-refractivity contribution in [2.45, 2.75) is 13.8 Å². The molecule has 2 N–H and O–H groups in total. The molecule has 0 spiro atoms. The molecule has 0 fully saturated rings. The molecule has 0 unspecified atom stereocenters. The Labute approximate surface area is 199 Å². The highest BCUT2D eigenvalue weighted by molar-refractivity contribution is 8.15. The van der Waals surface area contributed by atoms with E-state index in [1.54, 1.807) is 37.3 Å². The lowest BCUT2D eigenvalue weighted by atomic mass is 10.2. The first-order chi connectivity index (χ1) is 15.6. The molecule has 2 aromatic carbocycles. The van der Waals surface area contributed by atoms with E-state index >= 15 is 0 Å². The Hall–Kier alpha value is -3.30. The van der Waals surface area contributed by atoms with Crippen LogP contribution in [0.1, 0.15) is 16.7 Å². The first kappa shape index (κ1) is 24.3. The summed E-state index contributed by atoms with van der Waals surface area (Å²) < 4.78 is 1.84. The second kappa shape index (κ2) is 10.1. The summed E-state index contributed by atoms with van der Waals surface area (Å²) in [6.45, 7) is 3.69. The van der Waals surface area contributed by atoms with Gasteiger partial charge in [0.1, 0.15) is 10.6 Å². The number of hydrogen-bond acceptors (Lipinski definition) is 6. The fourth-order valence-corrected chi connectivity index (χ4v) is 4.07. The number of thioether (sulfide) groups is 1. The van der Waals surface area contributed by atoms with E-state index in [0.29, 0.717) is 16.4 Å². The summed E-state index contributed by atoms with van der Waals surface area (Å²) in [7, 11) is 2.67. The SMILES string of the molecule is Cc1cccc(N=C(SCC(=O)Nc2cccc(Cl)c2C)c2c(O)n(C)c(=O)n(C)c2=O)c1. The number of hydrogen-bond donors (Lipinski definition) is 2. The lowest BCUT2D eigenvalue weighted by Crippen LogP contribution is -2.39. The molecule has 33 heavy (non-hydrogen) atoms. The third-order valence-electron chi connectivity index (χ3n) is 4.96. The Morgan fingerprint density at radius 3 is 2.52 bits per heavy atom. The van der Waals surface area contributed by atoms with Crippen molar-refractivity contribution in [3.63, 3.8) is 0 Å². The highest BCUT2D eigenvalue weighted by atomic mass is 35.5. The topological polar surface area (TPSA) is 106 Å². The minimum Gasteiger partial charge on any atom is -0.494 e. The van der Waals surface area contributed by atoms with Crippen LogP contribution in [0.25, 0.3) is 0 Å². The monoisotopic (exact) mass is 486 g/mol. The molecule has 0 aliphatic heterocycles. The van der Waals surface area contributed by atoms with Crippen LogP contribution in [0.4, 0.5) is 11.4 Å². The first-order valence-corrected chi connectivity index (χ1v) is 11.3. The molecule has 3 aromatic rings. The second-order valence-electron chi connectivity index (χ2n) is 7.41. The molecule has 10 heteroatoms. The van der Waals surface area contributed by atoms with Crippen LogP contribution in [-0.2, 0) is 18.9 Å². The zero-order valence-corrected chi connectivity index (χ0v) is 20.1. The smallest absolute Gasteiger partial charge is 0.333 e. The number of anilines is 1. The van der Waals surface area contributed by atoms with E-state index in [1.165, 1.54) is 14.1 Å². The van der Waals surface area contributed by atoms with Gasteiger partial charge in [0.2, 0.25) is 11.8 Å². The van der Waals surface area contributed by atoms with Gasteiger partial charge in [-0.05, 0) is 49.2 Å². The molecule has 172 valence electrons. The van der Waals surface area contributed by atoms with Gasteiger partial charge in [0.05, 0.1) is 11.4 Å². The molecule has 0 aliphatic carbocycles. The van der Waals surface area contributed by atoms with Crippen molar-refractivity contribution in [1.29, 1.82) is 0 Å². The lowest BCUT2D eigenvalue weighted by molar-refractivity contribution is -0.113. The van der Waals surface area contributed by atoms with Gasteiger partial charge in [0.15, 0.2) is 0 Å². The summed E-state index contributed by atoms with van der Waals surface area (Å²) in [5, 5.41) is 14.0. The van der Waals surface area contributed by atoms with E-state index < -0.39 is 17.1 Å². The molecule has 1 aromatic heterocycles. The van der Waals surface area contributed by atoms with Crippen LogP contribution in [0.2, 0.25) is 5.02 Å². The standard InChI is InChI=1S/C23H23ClN4O4S/c1-13-7-5-8-15(11-13)25-20(19-21(30)27(3)23(32)28(4)22(19)31)33-12-18(29)26-17-10-6-9-16(24)14(17)2/h5-11,30H,12H2,1-4H3,(H,26,29). The zero-order chi connectivity index (χ0) is 24.3. The maximum absolute atomic E-state index is 12.9. The summed E-state index contributed by atoms with van der Waals surface area (Å²) >= 11 is 7.10. The van der Waals surface area contributed by atoms with Crippen molar-refractivity contribution in [3.8, 4) is 5.88 Å². The van der Waals surface area contributed by atoms with E-state index in [-0.39, 0.29) is 22.3 Å². The first-order valence-electron chi connectivity index (χ1n) is 9.92. The van der Waals surface area contributed by atoms with Gasteiger partial charge in [0, 0.05) is 24.8 Å². The fraction of sp³-hybridized carbons (Fsp3) is 0.217. The number of nitrogens with one attached hydrogen (secondary N) is 1. The van der Waals surface area contributed by atoms with E-state index in [0.717, 1.165) is 32.0 Å². The number of halogens is 1. The van der Waals surface area contributed by atoms with Gasteiger partial charge in [-0.15, -0.1) is 0 Å². The van der Waals surface area contributed by atoms with Crippen molar-refractivity contribution in [3.05, 3.63) is 85.0 Å². The summed E-state index contributed by atoms with van der Waals surface area (Å²) in [5.74, 6) is -0.960. The van der Waals surface area contributed by atoms with Crippen LogP contribution in [-0.4, -0.2) is 30.9 Å². The summed E-state index contributed by atoms with van der Waals surface area (Å²) in [4.78, 5) is 42.2. The Balaban J connectivity index is 1.99. The van der Waals surface area contributed by atoms with Gasteiger partial charge in [-0.2, -0.15) is 0 Å². The third kappa shape index (κ3) is 5.37. The number of nitrogens with zero attached hydrogens (tertiary/aromatic N) is 3. The fourth-order valence-electron chi connectivity index (χ4n) is 3.06. The normalized spacial score (nSPS) is 11.5. The highest BCUT2D eigenvalue weighted by Gasteiger charge is 2.22. The Morgan fingerprint density at radius 2 is 1.82 bits per heavy atom. The van der Waals surface area contributed by atoms with Crippen LogP contribution in [0.5, 0.6) is 5.88 Å². The number of amides is 1. The van der Waals surface area contributed by atoms with Crippen LogP contribution >= 0.6 is 23.4 Å². The lowest BCUT2D eigenvalue weighted by Gasteiger charge is -2.13. The molecular weight excluding hydrogens is 464 g/mol. The maximum Gasteiger partial charge on any atom is 0.333 e. The molecule has 8 nitrogen and oxygen atoms in total.